The number of pyridine rings is 1. The van der Waals surface area contributed by atoms with Crippen LogP contribution in [0.1, 0.15) is 0 Å². The van der Waals surface area contributed by atoms with E-state index in [1.165, 1.54) is 0 Å². The molecule has 29 heavy (non-hydrogen) atoms. The molecule has 0 fully saturated rings. The summed E-state index contributed by atoms with van der Waals surface area (Å²) in [6.07, 6.45) is 5.34. The number of rotatable bonds is 8. The van der Waals surface area contributed by atoms with Crippen LogP contribution in [0.15, 0.2) is 55.0 Å². The van der Waals surface area contributed by atoms with Crippen LogP contribution >= 0.6 is 0 Å². The van der Waals surface area contributed by atoms with E-state index in [1.54, 1.807) is 18.6 Å². The third-order valence-electron chi connectivity index (χ3n) is 4.59. The molecule has 4 aromatic rings. The lowest BCUT2D eigenvalue weighted by molar-refractivity contribution is 0.0798. The van der Waals surface area contributed by atoms with Crippen LogP contribution in [0.4, 0.5) is 0 Å². The summed E-state index contributed by atoms with van der Waals surface area (Å²) in [6.45, 7) is 8.24. The van der Waals surface area contributed by atoms with Gasteiger partial charge in [0.25, 0.3) is 0 Å². The number of hydrogen-bond acceptors (Lipinski definition) is 5. The van der Waals surface area contributed by atoms with Crippen molar-refractivity contribution in [2.24, 2.45) is 0 Å². The van der Waals surface area contributed by atoms with Gasteiger partial charge in [-0.1, -0.05) is 19.6 Å². The first-order valence-corrected chi connectivity index (χ1v) is 13.4. The van der Waals surface area contributed by atoms with E-state index >= 15 is 0 Å². The molecule has 0 aliphatic heterocycles. The maximum atomic E-state index is 5.87. The molecule has 150 valence electrons. The van der Waals surface area contributed by atoms with E-state index in [-0.39, 0.29) is 0 Å². The van der Waals surface area contributed by atoms with Gasteiger partial charge < -0.3 is 9.47 Å². The van der Waals surface area contributed by atoms with Gasteiger partial charge in [0.2, 0.25) is 5.88 Å². The number of hydrogen-bond donors (Lipinski definition) is 1. The fourth-order valence-electron chi connectivity index (χ4n) is 2.91. The Kier molecular flexibility index (Phi) is 5.46. The molecule has 4 rings (SSSR count). The minimum Gasteiger partial charge on any atom is -0.439 e. The summed E-state index contributed by atoms with van der Waals surface area (Å²) in [6, 6.07) is 12.7. The van der Waals surface area contributed by atoms with Crippen molar-refractivity contribution >= 4 is 19.0 Å². The Bertz CT molecular complexity index is 1080. The summed E-state index contributed by atoms with van der Waals surface area (Å²) < 4.78 is 13.6. The van der Waals surface area contributed by atoms with Gasteiger partial charge in [-0.15, -0.1) is 0 Å². The molecule has 7 nitrogen and oxygen atoms in total. The highest BCUT2D eigenvalue weighted by molar-refractivity contribution is 6.76. The second-order valence-electron chi connectivity index (χ2n) is 8.17. The molecule has 0 atom stereocenters. The van der Waals surface area contributed by atoms with Crippen LogP contribution in [-0.4, -0.2) is 39.6 Å². The van der Waals surface area contributed by atoms with Crippen molar-refractivity contribution in [2.45, 2.75) is 32.4 Å². The van der Waals surface area contributed by atoms with E-state index in [2.05, 4.69) is 39.9 Å². The topological polar surface area (TPSA) is 77.9 Å². The molecule has 0 bridgehead atoms. The van der Waals surface area contributed by atoms with Gasteiger partial charge in [0, 0.05) is 44.1 Å². The quantitative estimate of drug-likeness (QED) is 0.331. The number of nitrogens with zero attached hydrogens (tertiary/aromatic N) is 4. The van der Waals surface area contributed by atoms with Gasteiger partial charge >= 0.3 is 0 Å². The number of aromatic nitrogens is 5. The molecule has 0 aliphatic rings. The predicted octanol–water partition coefficient (Wildman–Crippen LogP) is 4.93. The van der Waals surface area contributed by atoms with Crippen LogP contribution in [0.3, 0.4) is 0 Å². The molecule has 1 N–H and O–H groups in total. The average molecular weight is 408 g/mol. The number of benzene rings is 1. The first-order chi connectivity index (χ1) is 14.0. The monoisotopic (exact) mass is 407 g/mol. The summed E-state index contributed by atoms with van der Waals surface area (Å²) in [5.41, 5.74) is 2.91. The normalized spacial score (nSPS) is 11.8. The Balaban J connectivity index is 1.41. The van der Waals surface area contributed by atoms with E-state index in [1.807, 2.05) is 41.1 Å². The minimum atomic E-state index is -1.09. The molecule has 1 aromatic carbocycles. The zero-order valence-electron chi connectivity index (χ0n) is 16.9. The molecule has 3 aromatic heterocycles. The number of nitrogens with one attached hydrogen (secondary N) is 1. The standard InChI is InChI=1S/C21H25N5O2Si/c1-29(2,3)11-10-27-15-26-20(8-9-24-26)16-4-7-21(22-13-16)28-18-5-6-19-17(12-18)14-23-25-19/h4-9,12-14H,10-11,15H2,1-3H3,(H,23,25). The van der Waals surface area contributed by atoms with E-state index in [0.717, 1.165) is 40.6 Å². The molecule has 0 spiro atoms. The summed E-state index contributed by atoms with van der Waals surface area (Å²) in [7, 11) is -1.09. The van der Waals surface area contributed by atoms with Crippen LogP contribution in [0.2, 0.25) is 25.7 Å². The lowest BCUT2D eigenvalue weighted by Crippen LogP contribution is -2.22. The highest BCUT2D eigenvalue weighted by atomic mass is 28.3. The van der Waals surface area contributed by atoms with Gasteiger partial charge in [-0.3, -0.25) is 5.10 Å². The van der Waals surface area contributed by atoms with Gasteiger partial charge in [-0.05, 0) is 36.4 Å². The molecular formula is C21H25N5O2Si. The van der Waals surface area contributed by atoms with E-state index in [4.69, 9.17) is 9.47 Å². The smallest absolute Gasteiger partial charge is 0.219 e. The molecule has 0 aliphatic carbocycles. The first-order valence-electron chi connectivity index (χ1n) is 9.65. The number of ether oxygens (including phenoxy) is 2. The summed E-state index contributed by atoms with van der Waals surface area (Å²) in [4.78, 5) is 4.45. The fraction of sp³-hybridized carbons (Fsp3) is 0.286. The lowest BCUT2D eigenvalue weighted by atomic mass is 10.2. The molecule has 0 amide bonds. The zero-order valence-corrected chi connectivity index (χ0v) is 17.9. The largest absolute Gasteiger partial charge is 0.439 e. The molecule has 0 saturated carbocycles. The number of fused-ring (bicyclic) bond motifs is 1. The number of H-pyrrole nitrogens is 1. The van der Waals surface area contributed by atoms with Crippen molar-refractivity contribution in [3.8, 4) is 22.9 Å². The maximum absolute atomic E-state index is 5.87. The Morgan fingerprint density at radius 3 is 2.76 bits per heavy atom. The molecule has 0 saturated heterocycles. The number of aromatic amines is 1. The van der Waals surface area contributed by atoms with Crippen molar-refractivity contribution in [3.63, 3.8) is 0 Å². The Labute approximate surface area is 170 Å². The molecule has 8 heteroatoms. The van der Waals surface area contributed by atoms with Gasteiger partial charge in [0.05, 0.1) is 17.4 Å². The summed E-state index contributed by atoms with van der Waals surface area (Å²) in [5.74, 6) is 1.26. The van der Waals surface area contributed by atoms with Crippen LogP contribution in [0, 0.1) is 0 Å². The van der Waals surface area contributed by atoms with Gasteiger partial charge in [0.1, 0.15) is 12.5 Å². The van der Waals surface area contributed by atoms with Gasteiger partial charge in [0.15, 0.2) is 0 Å². The van der Waals surface area contributed by atoms with Crippen molar-refractivity contribution < 1.29 is 9.47 Å². The maximum Gasteiger partial charge on any atom is 0.219 e. The highest BCUT2D eigenvalue weighted by Crippen LogP contribution is 2.25. The molecule has 3 heterocycles. The summed E-state index contributed by atoms with van der Waals surface area (Å²) >= 11 is 0. The second kappa shape index (κ2) is 8.18. The summed E-state index contributed by atoms with van der Waals surface area (Å²) in [5, 5.41) is 12.3. The third kappa shape index (κ3) is 4.90. The van der Waals surface area contributed by atoms with E-state index in [9.17, 15) is 0 Å². The van der Waals surface area contributed by atoms with Gasteiger partial charge in [-0.25, -0.2) is 9.67 Å². The first kappa shape index (κ1) is 19.3. The van der Waals surface area contributed by atoms with Crippen LogP contribution < -0.4 is 4.74 Å². The van der Waals surface area contributed by atoms with Crippen LogP contribution in [0.5, 0.6) is 11.6 Å². The van der Waals surface area contributed by atoms with Crippen LogP contribution in [0.25, 0.3) is 22.2 Å². The molecular weight excluding hydrogens is 382 g/mol. The Morgan fingerprint density at radius 1 is 1.07 bits per heavy atom. The minimum absolute atomic E-state index is 0.440. The predicted molar refractivity (Wildman–Crippen MR) is 116 cm³/mol. The van der Waals surface area contributed by atoms with Crippen molar-refractivity contribution in [3.05, 3.63) is 55.0 Å². The average Bonchev–Trinajstić information content (AvgIpc) is 3.34. The van der Waals surface area contributed by atoms with Crippen molar-refractivity contribution in [1.29, 1.82) is 0 Å². The third-order valence-corrected chi connectivity index (χ3v) is 6.30. The zero-order chi connectivity index (χ0) is 20.3. The van der Waals surface area contributed by atoms with Crippen molar-refractivity contribution in [2.75, 3.05) is 6.61 Å². The lowest BCUT2D eigenvalue weighted by Gasteiger charge is -2.16. The fourth-order valence-corrected chi connectivity index (χ4v) is 3.66. The second-order valence-corrected chi connectivity index (χ2v) is 13.8. The van der Waals surface area contributed by atoms with Gasteiger partial charge in [-0.2, -0.15) is 10.2 Å². The Morgan fingerprint density at radius 2 is 1.97 bits per heavy atom. The SMILES string of the molecule is C[Si](C)(C)CCOCn1nccc1-c1ccc(Oc2ccc3[nH]ncc3c2)nc1. The van der Waals surface area contributed by atoms with Crippen molar-refractivity contribution in [1.82, 2.24) is 25.0 Å². The van der Waals surface area contributed by atoms with E-state index < -0.39 is 8.07 Å². The molecule has 0 unspecified atom stereocenters. The molecule has 0 radical (unpaired) electrons. The van der Waals surface area contributed by atoms with Crippen LogP contribution in [-0.2, 0) is 11.5 Å². The van der Waals surface area contributed by atoms with E-state index in [0.29, 0.717) is 12.6 Å². The highest BCUT2D eigenvalue weighted by Gasteiger charge is 2.13. The Hall–Kier alpha value is -2.97.